The van der Waals surface area contributed by atoms with Gasteiger partial charge in [-0.15, -0.1) is 0 Å². The molecule has 0 radical (unpaired) electrons. The Kier molecular flexibility index (Phi) is 5.45. The Bertz CT molecular complexity index is 1100. The zero-order chi connectivity index (χ0) is 22.3. The first-order valence-electron chi connectivity index (χ1n) is 9.98. The molecule has 2 aromatic carbocycles. The van der Waals surface area contributed by atoms with Gasteiger partial charge in [-0.3, -0.25) is 14.5 Å². The molecule has 0 saturated carbocycles. The number of likely N-dealkylation sites (N-methyl/N-ethyl adjacent to an activating group) is 1. The van der Waals surface area contributed by atoms with Gasteiger partial charge in [-0.2, -0.15) is 0 Å². The van der Waals surface area contributed by atoms with Gasteiger partial charge in [0.15, 0.2) is 0 Å². The maximum absolute atomic E-state index is 13.4. The van der Waals surface area contributed by atoms with E-state index in [0.29, 0.717) is 27.5 Å². The molecule has 4 amide bonds. The van der Waals surface area contributed by atoms with Crippen molar-refractivity contribution in [1.29, 1.82) is 0 Å². The molecule has 0 aromatic heterocycles. The molecule has 2 atom stereocenters. The van der Waals surface area contributed by atoms with Gasteiger partial charge in [-0.1, -0.05) is 47.5 Å². The third-order valence-corrected chi connectivity index (χ3v) is 6.11. The number of rotatable bonds is 4. The number of nitrogens with one attached hydrogen (secondary N) is 2. The predicted octanol–water partition coefficient (Wildman–Crippen LogP) is 3.47. The molecule has 0 bridgehead atoms. The van der Waals surface area contributed by atoms with Crippen molar-refractivity contribution in [2.45, 2.75) is 25.9 Å². The molecule has 0 fully saturated rings. The van der Waals surface area contributed by atoms with E-state index in [0.717, 1.165) is 5.56 Å². The normalized spacial score (nSPS) is 19.3. The largest absolute Gasteiger partial charge is 0.326 e. The SMILES string of the molecule is Cc1ccc(NC(=O)[C@@H](C)N2CC3=C(C2=O)[C@@H](c2ccccc2Cl)NC(=O)N3C)cc1. The summed E-state index contributed by atoms with van der Waals surface area (Å²) in [5.41, 5.74) is 3.40. The quantitative estimate of drug-likeness (QED) is 0.766. The minimum absolute atomic E-state index is 0.168. The van der Waals surface area contributed by atoms with Crippen molar-refractivity contribution >= 4 is 35.1 Å². The standard InChI is InChI=1S/C23H23ClN4O3/c1-13-8-10-15(11-9-13)25-21(29)14(2)28-12-18-19(22(28)30)20(26-23(31)27(18)3)16-6-4-5-7-17(16)24/h4-11,14,20H,12H2,1-3H3,(H,25,29)(H,26,31)/t14-,20-/m1/s1. The molecule has 2 aliphatic heterocycles. The van der Waals surface area contributed by atoms with Crippen molar-refractivity contribution < 1.29 is 14.4 Å². The molecule has 160 valence electrons. The highest BCUT2D eigenvalue weighted by atomic mass is 35.5. The van der Waals surface area contributed by atoms with Crippen LogP contribution in [0, 0.1) is 6.92 Å². The molecule has 2 heterocycles. The highest BCUT2D eigenvalue weighted by Gasteiger charge is 2.45. The summed E-state index contributed by atoms with van der Waals surface area (Å²) >= 11 is 6.35. The summed E-state index contributed by atoms with van der Waals surface area (Å²) in [5.74, 6) is -0.591. The summed E-state index contributed by atoms with van der Waals surface area (Å²) in [6.07, 6.45) is 0. The lowest BCUT2D eigenvalue weighted by atomic mass is 9.95. The Labute approximate surface area is 185 Å². The van der Waals surface area contributed by atoms with Gasteiger partial charge in [0.25, 0.3) is 5.91 Å². The van der Waals surface area contributed by atoms with Crippen molar-refractivity contribution in [1.82, 2.24) is 15.1 Å². The minimum atomic E-state index is -0.727. The second kappa shape index (κ2) is 8.07. The molecule has 0 saturated heterocycles. The fourth-order valence-corrected chi connectivity index (χ4v) is 4.11. The molecule has 2 aliphatic rings. The van der Waals surface area contributed by atoms with Crippen molar-refractivity contribution in [2.75, 3.05) is 18.9 Å². The number of halogens is 1. The summed E-state index contributed by atoms with van der Waals surface area (Å²) in [6, 6.07) is 12.8. The number of carbonyl (C=O) groups is 3. The van der Waals surface area contributed by atoms with Gasteiger partial charge < -0.3 is 15.5 Å². The van der Waals surface area contributed by atoms with Crippen molar-refractivity contribution in [2.24, 2.45) is 0 Å². The van der Waals surface area contributed by atoms with E-state index in [1.807, 2.05) is 31.2 Å². The van der Waals surface area contributed by atoms with E-state index < -0.39 is 12.1 Å². The van der Waals surface area contributed by atoms with Crippen LogP contribution in [-0.2, 0) is 9.59 Å². The molecule has 0 spiro atoms. The summed E-state index contributed by atoms with van der Waals surface area (Å²) in [7, 11) is 1.61. The molecule has 2 aromatic rings. The van der Waals surface area contributed by atoms with E-state index in [4.69, 9.17) is 11.6 Å². The van der Waals surface area contributed by atoms with Crippen LogP contribution in [0.4, 0.5) is 10.5 Å². The average Bonchev–Trinajstić information content (AvgIpc) is 3.10. The monoisotopic (exact) mass is 438 g/mol. The second-order valence-electron chi connectivity index (χ2n) is 7.79. The Morgan fingerprint density at radius 2 is 1.84 bits per heavy atom. The number of amides is 4. The van der Waals surface area contributed by atoms with Crippen molar-refractivity contribution in [3.05, 3.63) is 76.0 Å². The molecule has 8 heteroatoms. The summed E-state index contributed by atoms with van der Waals surface area (Å²) in [5, 5.41) is 6.17. The molecule has 0 aliphatic carbocycles. The lowest BCUT2D eigenvalue weighted by molar-refractivity contribution is -0.133. The first-order valence-corrected chi connectivity index (χ1v) is 10.4. The van der Waals surface area contributed by atoms with Crippen LogP contribution in [0.25, 0.3) is 0 Å². The van der Waals surface area contributed by atoms with Crippen molar-refractivity contribution in [3.8, 4) is 0 Å². The topological polar surface area (TPSA) is 81.8 Å². The van der Waals surface area contributed by atoms with Crippen LogP contribution in [0.15, 0.2) is 59.8 Å². The summed E-state index contributed by atoms with van der Waals surface area (Å²) in [4.78, 5) is 41.7. The molecule has 2 N–H and O–H groups in total. The molecule has 4 rings (SSSR count). The third-order valence-electron chi connectivity index (χ3n) is 5.77. The van der Waals surface area contributed by atoms with Crippen molar-refractivity contribution in [3.63, 3.8) is 0 Å². The Balaban J connectivity index is 1.60. The van der Waals surface area contributed by atoms with Gasteiger partial charge in [0, 0.05) is 17.8 Å². The van der Waals surface area contributed by atoms with Gasteiger partial charge in [0.1, 0.15) is 6.04 Å². The Hall–Kier alpha value is -3.32. The van der Waals surface area contributed by atoms with Crippen LogP contribution in [0.2, 0.25) is 5.02 Å². The van der Waals surface area contributed by atoms with Gasteiger partial charge in [-0.25, -0.2) is 4.79 Å². The fraction of sp³-hybridized carbons (Fsp3) is 0.261. The first-order chi connectivity index (χ1) is 14.8. The highest BCUT2D eigenvalue weighted by Crippen LogP contribution is 2.38. The molecular weight excluding hydrogens is 416 g/mol. The Morgan fingerprint density at radius 1 is 1.16 bits per heavy atom. The van der Waals surface area contributed by atoms with Crippen LogP contribution < -0.4 is 10.6 Å². The van der Waals surface area contributed by atoms with Gasteiger partial charge in [0.05, 0.1) is 23.9 Å². The van der Waals surface area contributed by atoms with Crippen LogP contribution in [0.1, 0.15) is 24.1 Å². The zero-order valence-corrected chi connectivity index (χ0v) is 18.2. The van der Waals surface area contributed by atoms with Gasteiger partial charge >= 0.3 is 6.03 Å². The number of benzene rings is 2. The highest BCUT2D eigenvalue weighted by molar-refractivity contribution is 6.31. The number of anilines is 1. The molecule has 0 unspecified atom stereocenters. The van der Waals surface area contributed by atoms with Crippen LogP contribution >= 0.6 is 11.6 Å². The number of nitrogens with zero attached hydrogens (tertiary/aromatic N) is 2. The predicted molar refractivity (Wildman–Crippen MR) is 118 cm³/mol. The summed E-state index contributed by atoms with van der Waals surface area (Å²) < 4.78 is 0. The van der Waals surface area contributed by atoms with E-state index in [-0.39, 0.29) is 24.4 Å². The van der Waals surface area contributed by atoms with Crippen LogP contribution in [0.3, 0.4) is 0 Å². The maximum atomic E-state index is 13.4. The van der Waals surface area contributed by atoms with Gasteiger partial charge in [-0.05, 0) is 37.6 Å². The van der Waals surface area contributed by atoms with Crippen LogP contribution in [-0.4, -0.2) is 47.3 Å². The number of aryl methyl sites for hydroxylation is 1. The molecule has 31 heavy (non-hydrogen) atoms. The fourth-order valence-electron chi connectivity index (χ4n) is 3.87. The minimum Gasteiger partial charge on any atom is -0.326 e. The lowest BCUT2D eigenvalue weighted by Gasteiger charge is -2.31. The average molecular weight is 439 g/mol. The van der Waals surface area contributed by atoms with Gasteiger partial charge in [0.2, 0.25) is 5.91 Å². The molecule has 7 nitrogen and oxygen atoms in total. The van der Waals surface area contributed by atoms with E-state index in [1.165, 1.54) is 9.80 Å². The Morgan fingerprint density at radius 3 is 2.52 bits per heavy atom. The second-order valence-corrected chi connectivity index (χ2v) is 8.19. The summed E-state index contributed by atoms with van der Waals surface area (Å²) in [6.45, 7) is 3.82. The van der Waals surface area contributed by atoms with E-state index in [9.17, 15) is 14.4 Å². The van der Waals surface area contributed by atoms with E-state index in [2.05, 4.69) is 10.6 Å². The lowest BCUT2D eigenvalue weighted by Crippen LogP contribution is -2.45. The number of hydrogen-bond donors (Lipinski definition) is 2. The first kappa shape index (κ1) is 20.9. The number of urea groups is 1. The van der Waals surface area contributed by atoms with Crippen LogP contribution in [0.5, 0.6) is 0 Å². The van der Waals surface area contributed by atoms with E-state index >= 15 is 0 Å². The number of carbonyl (C=O) groups excluding carboxylic acids is 3. The zero-order valence-electron chi connectivity index (χ0n) is 17.5. The molecular formula is C23H23ClN4O3. The van der Waals surface area contributed by atoms with E-state index in [1.54, 1.807) is 38.2 Å². The smallest absolute Gasteiger partial charge is 0.322 e. The number of hydrogen-bond acceptors (Lipinski definition) is 3. The maximum Gasteiger partial charge on any atom is 0.322 e. The third kappa shape index (κ3) is 3.77.